The molecule has 0 aliphatic carbocycles. The molecule has 5 nitrogen and oxygen atoms in total. The minimum Gasteiger partial charge on any atom is -0.318 e. The maximum absolute atomic E-state index is 11.8. The zero-order chi connectivity index (χ0) is 12.3. The highest BCUT2D eigenvalue weighted by atomic mass is 16.2. The number of carbonyl (C=O) groups excluding carboxylic acids is 1. The van der Waals surface area contributed by atoms with E-state index in [4.69, 9.17) is 0 Å². The van der Waals surface area contributed by atoms with E-state index in [0.717, 1.165) is 0 Å². The summed E-state index contributed by atoms with van der Waals surface area (Å²) >= 11 is 0. The molecule has 2 aromatic rings. The summed E-state index contributed by atoms with van der Waals surface area (Å²) in [5.41, 5.74) is -0.235. The Kier molecular flexibility index (Phi) is 3.00. The van der Waals surface area contributed by atoms with Gasteiger partial charge in [0, 0.05) is 19.4 Å². The van der Waals surface area contributed by atoms with Crippen molar-refractivity contribution in [1.29, 1.82) is 0 Å². The SMILES string of the molecule is Cn1cccc(C(=O)Nc2ccccn2)c1=O. The van der Waals surface area contributed by atoms with Crippen molar-refractivity contribution in [2.75, 3.05) is 5.32 Å². The first-order valence-corrected chi connectivity index (χ1v) is 5.06. The van der Waals surface area contributed by atoms with E-state index in [9.17, 15) is 9.59 Å². The van der Waals surface area contributed by atoms with Crippen molar-refractivity contribution in [3.63, 3.8) is 0 Å². The average Bonchev–Trinajstić information content (AvgIpc) is 2.34. The van der Waals surface area contributed by atoms with E-state index in [-0.39, 0.29) is 11.1 Å². The van der Waals surface area contributed by atoms with Gasteiger partial charge in [0.2, 0.25) is 0 Å². The first-order chi connectivity index (χ1) is 8.18. The fourth-order valence-electron chi connectivity index (χ4n) is 1.39. The molecule has 2 rings (SSSR count). The molecule has 2 aromatic heterocycles. The predicted octanol–water partition coefficient (Wildman–Crippen LogP) is 1.03. The average molecular weight is 229 g/mol. The van der Waals surface area contributed by atoms with Gasteiger partial charge in [0.05, 0.1) is 0 Å². The third-order valence-electron chi connectivity index (χ3n) is 2.27. The summed E-state index contributed by atoms with van der Waals surface area (Å²) in [7, 11) is 1.60. The van der Waals surface area contributed by atoms with E-state index >= 15 is 0 Å². The molecular weight excluding hydrogens is 218 g/mol. The molecule has 0 unspecified atom stereocenters. The highest BCUT2D eigenvalue weighted by Crippen LogP contribution is 2.02. The largest absolute Gasteiger partial charge is 0.318 e. The van der Waals surface area contributed by atoms with Gasteiger partial charge in [-0.2, -0.15) is 0 Å². The number of aromatic nitrogens is 2. The van der Waals surface area contributed by atoms with Crippen LogP contribution in [0.3, 0.4) is 0 Å². The monoisotopic (exact) mass is 229 g/mol. The van der Waals surface area contributed by atoms with Crippen LogP contribution < -0.4 is 10.9 Å². The van der Waals surface area contributed by atoms with Gasteiger partial charge in [0.15, 0.2) is 0 Å². The number of hydrogen-bond donors (Lipinski definition) is 1. The minimum absolute atomic E-state index is 0.0978. The molecule has 86 valence electrons. The Labute approximate surface area is 97.7 Å². The zero-order valence-electron chi connectivity index (χ0n) is 9.25. The number of nitrogens with zero attached hydrogens (tertiary/aromatic N) is 2. The van der Waals surface area contributed by atoms with Crippen molar-refractivity contribution in [3.8, 4) is 0 Å². The van der Waals surface area contributed by atoms with Crippen molar-refractivity contribution in [2.24, 2.45) is 7.05 Å². The Morgan fingerprint density at radius 2 is 2.12 bits per heavy atom. The second kappa shape index (κ2) is 4.61. The Morgan fingerprint density at radius 1 is 1.29 bits per heavy atom. The number of aryl methyl sites for hydroxylation is 1. The van der Waals surface area contributed by atoms with Gasteiger partial charge in [0.1, 0.15) is 11.4 Å². The number of carbonyl (C=O) groups is 1. The van der Waals surface area contributed by atoms with Crippen LogP contribution in [-0.2, 0) is 7.05 Å². The summed E-state index contributed by atoms with van der Waals surface area (Å²) in [6.45, 7) is 0. The molecule has 0 aliphatic rings. The molecule has 0 radical (unpaired) electrons. The van der Waals surface area contributed by atoms with Crippen LogP contribution in [0.5, 0.6) is 0 Å². The van der Waals surface area contributed by atoms with Crippen LogP contribution in [0.15, 0.2) is 47.5 Å². The summed E-state index contributed by atoms with van der Waals surface area (Å²) in [6.07, 6.45) is 3.17. The molecule has 0 fully saturated rings. The third-order valence-corrected chi connectivity index (χ3v) is 2.27. The fourth-order valence-corrected chi connectivity index (χ4v) is 1.39. The molecule has 2 heterocycles. The number of anilines is 1. The van der Waals surface area contributed by atoms with Gasteiger partial charge in [-0.05, 0) is 24.3 Å². The van der Waals surface area contributed by atoms with Gasteiger partial charge in [0.25, 0.3) is 11.5 Å². The van der Waals surface area contributed by atoms with Crippen LogP contribution in [0.2, 0.25) is 0 Å². The second-order valence-electron chi connectivity index (χ2n) is 3.51. The number of rotatable bonds is 2. The first kappa shape index (κ1) is 11.1. The van der Waals surface area contributed by atoms with Crippen LogP contribution >= 0.6 is 0 Å². The van der Waals surface area contributed by atoms with Crippen LogP contribution in [0.1, 0.15) is 10.4 Å². The molecule has 0 spiro atoms. The molecule has 0 aliphatic heterocycles. The number of nitrogens with one attached hydrogen (secondary N) is 1. The van der Waals surface area contributed by atoms with Crippen LogP contribution in [-0.4, -0.2) is 15.5 Å². The van der Waals surface area contributed by atoms with E-state index in [2.05, 4.69) is 10.3 Å². The Balaban J connectivity index is 2.27. The quantitative estimate of drug-likeness (QED) is 0.836. The molecule has 0 saturated heterocycles. The molecule has 1 N–H and O–H groups in total. The summed E-state index contributed by atoms with van der Waals surface area (Å²) in [6, 6.07) is 8.30. The molecule has 0 saturated carbocycles. The lowest BCUT2D eigenvalue weighted by molar-refractivity contribution is 0.102. The van der Waals surface area contributed by atoms with Gasteiger partial charge in [-0.3, -0.25) is 9.59 Å². The van der Waals surface area contributed by atoms with Gasteiger partial charge in [-0.25, -0.2) is 4.98 Å². The summed E-state index contributed by atoms with van der Waals surface area (Å²) in [5, 5.41) is 2.56. The molecular formula is C12H11N3O2. The van der Waals surface area contributed by atoms with E-state index in [1.807, 2.05) is 0 Å². The highest BCUT2D eigenvalue weighted by molar-refractivity contribution is 6.03. The maximum Gasteiger partial charge on any atom is 0.263 e. The van der Waals surface area contributed by atoms with Gasteiger partial charge < -0.3 is 9.88 Å². The van der Waals surface area contributed by atoms with Gasteiger partial charge in [-0.1, -0.05) is 6.07 Å². The first-order valence-electron chi connectivity index (χ1n) is 5.06. The van der Waals surface area contributed by atoms with Gasteiger partial charge in [-0.15, -0.1) is 0 Å². The fraction of sp³-hybridized carbons (Fsp3) is 0.0833. The normalized spacial score (nSPS) is 9.94. The van der Waals surface area contributed by atoms with E-state index in [1.54, 1.807) is 43.7 Å². The molecule has 0 aromatic carbocycles. The highest BCUT2D eigenvalue weighted by Gasteiger charge is 2.11. The molecule has 5 heteroatoms. The maximum atomic E-state index is 11.8. The molecule has 1 amide bonds. The Hall–Kier alpha value is -2.43. The smallest absolute Gasteiger partial charge is 0.263 e. The predicted molar refractivity (Wildman–Crippen MR) is 63.9 cm³/mol. The van der Waals surface area contributed by atoms with Gasteiger partial charge >= 0.3 is 0 Å². The standard InChI is InChI=1S/C12H11N3O2/c1-15-8-4-5-9(12(15)17)11(16)14-10-6-2-3-7-13-10/h2-8H,1H3,(H,13,14,16). The van der Waals surface area contributed by atoms with Crippen molar-refractivity contribution in [2.45, 2.75) is 0 Å². The van der Waals surface area contributed by atoms with Crippen LogP contribution in [0.25, 0.3) is 0 Å². The van der Waals surface area contributed by atoms with E-state index in [0.29, 0.717) is 5.82 Å². The lowest BCUT2D eigenvalue weighted by atomic mass is 10.2. The third kappa shape index (κ3) is 2.39. The van der Waals surface area contributed by atoms with Crippen LogP contribution in [0.4, 0.5) is 5.82 Å². The Bertz CT molecular complexity index is 590. The number of hydrogen-bond acceptors (Lipinski definition) is 3. The lowest BCUT2D eigenvalue weighted by Crippen LogP contribution is -2.27. The van der Waals surface area contributed by atoms with Crippen molar-refractivity contribution in [3.05, 3.63) is 58.6 Å². The summed E-state index contributed by atoms with van der Waals surface area (Å²) < 4.78 is 1.35. The van der Waals surface area contributed by atoms with E-state index < -0.39 is 5.91 Å². The molecule has 17 heavy (non-hydrogen) atoms. The lowest BCUT2D eigenvalue weighted by Gasteiger charge is -2.04. The van der Waals surface area contributed by atoms with Crippen molar-refractivity contribution in [1.82, 2.24) is 9.55 Å². The zero-order valence-corrected chi connectivity index (χ0v) is 9.25. The molecule has 0 bridgehead atoms. The number of pyridine rings is 2. The van der Waals surface area contributed by atoms with Crippen molar-refractivity contribution >= 4 is 11.7 Å². The topological polar surface area (TPSA) is 64.0 Å². The summed E-state index contributed by atoms with van der Waals surface area (Å²) in [4.78, 5) is 27.5. The van der Waals surface area contributed by atoms with Crippen LogP contribution in [0, 0.1) is 0 Å². The summed E-state index contributed by atoms with van der Waals surface area (Å²) in [5.74, 6) is -0.0340. The number of amides is 1. The minimum atomic E-state index is -0.454. The van der Waals surface area contributed by atoms with E-state index in [1.165, 1.54) is 10.6 Å². The Morgan fingerprint density at radius 3 is 2.82 bits per heavy atom. The molecule has 0 atom stereocenters. The van der Waals surface area contributed by atoms with Crippen molar-refractivity contribution < 1.29 is 4.79 Å². The second-order valence-corrected chi connectivity index (χ2v) is 3.51.